The first-order chi connectivity index (χ1) is 7.15. The maximum absolute atomic E-state index is 11.0. The van der Waals surface area contributed by atoms with Gasteiger partial charge in [0, 0.05) is 6.42 Å². The molecule has 0 aliphatic heterocycles. The van der Waals surface area contributed by atoms with Crippen LogP contribution in [0.15, 0.2) is 30.3 Å². The van der Waals surface area contributed by atoms with E-state index < -0.39 is 12.0 Å². The fourth-order valence-corrected chi connectivity index (χ4v) is 1.18. The number of nitrogens with two attached hydrogens (primary N) is 1. The second-order valence-corrected chi connectivity index (χ2v) is 2.96. The van der Waals surface area contributed by atoms with Gasteiger partial charge >= 0.3 is 5.97 Å². The Balaban J connectivity index is 2.72. The minimum atomic E-state index is -1.22. The van der Waals surface area contributed by atoms with E-state index in [9.17, 15) is 4.79 Å². The SMILES string of the molecule is NOC(=O)[C@H](Cc1ccccc1)N(O)O. The van der Waals surface area contributed by atoms with Crippen molar-refractivity contribution in [2.24, 2.45) is 5.90 Å². The quantitative estimate of drug-likeness (QED) is 0.612. The van der Waals surface area contributed by atoms with Crippen molar-refractivity contribution >= 4 is 5.97 Å². The Labute approximate surface area is 86.4 Å². The van der Waals surface area contributed by atoms with Crippen LogP contribution in [0.25, 0.3) is 0 Å². The van der Waals surface area contributed by atoms with Crippen molar-refractivity contribution in [1.82, 2.24) is 5.23 Å². The summed E-state index contributed by atoms with van der Waals surface area (Å²) in [6.45, 7) is 0. The lowest BCUT2D eigenvalue weighted by molar-refractivity contribution is -0.328. The second kappa shape index (κ2) is 5.42. The molecular formula is C9H12N2O4. The fraction of sp³-hybridized carbons (Fsp3) is 0.222. The van der Waals surface area contributed by atoms with E-state index >= 15 is 0 Å². The van der Waals surface area contributed by atoms with Gasteiger partial charge in [-0.15, -0.1) is 0 Å². The van der Waals surface area contributed by atoms with Crippen molar-refractivity contribution in [2.45, 2.75) is 12.5 Å². The zero-order chi connectivity index (χ0) is 11.3. The first-order valence-electron chi connectivity index (χ1n) is 4.26. The number of carbonyl (C=O) groups is 1. The summed E-state index contributed by atoms with van der Waals surface area (Å²) in [5, 5.41) is 17.4. The molecule has 4 N–H and O–H groups in total. The van der Waals surface area contributed by atoms with Crippen LogP contribution in [-0.4, -0.2) is 27.7 Å². The maximum Gasteiger partial charge on any atom is 0.347 e. The summed E-state index contributed by atoms with van der Waals surface area (Å²) in [6, 6.07) is 7.64. The summed E-state index contributed by atoms with van der Waals surface area (Å²) >= 11 is 0. The van der Waals surface area contributed by atoms with Crippen LogP contribution < -0.4 is 5.90 Å². The Kier molecular flexibility index (Phi) is 4.19. The first kappa shape index (κ1) is 11.6. The van der Waals surface area contributed by atoms with E-state index in [1.54, 1.807) is 24.3 Å². The molecule has 0 saturated carbocycles. The first-order valence-corrected chi connectivity index (χ1v) is 4.26. The van der Waals surface area contributed by atoms with Gasteiger partial charge in [-0.1, -0.05) is 35.6 Å². The Bertz CT molecular complexity index is 315. The van der Waals surface area contributed by atoms with Gasteiger partial charge < -0.3 is 4.84 Å². The molecule has 1 aromatic rings. The van der Waals surface area contributed by atoms with E-state index in [0.717, 1.165) is 5.56 Å². The largest absolute Gasteiger partial charge is 0.372 e. The monoisotopic (exact) mass is 212 g/mol. The van der Waals surface area contributed by atoms with Crippen molar-refractivity contribution in [3.63, 3.8) is 0 Å². The summed E-state index contributed by atoms with van der Waals surface area (Å²) in [7, 11) is 0. The molecule has 1 atom stereocenters. The number of nitrogens with zero attached hydrogens (tertiary/aromatic N) is 1. The number of hydrogen-bond acceptors (Lipinski definition) is 6. The van der Waals surface area contributed by atoms with Crippen molar-refractivity contribution in [3.8, 4) is 0 Å². The van der Waals surface area contributed by atoms with Crippen molar-refractivity contribution in [1.29, 1.82) is 0 Å². The Morgan fingerprint density at radius 2 is 2.00 bits per heavy atom. The van der Waals surface area contributed by atoms with Crippen LogP contribution in [0.1, 0.15) is 5.56 Å². The third-order valence-corrected chi connectivity index (χ3v) is 1.94. The van der Waals surface area contributed by atoms with Gasteiger partial charge in [-0.2, -0.15) is 5.90 Å². The molecule has 0 unspecified atom stereocenters. The molecule has 0 spiro atoms. The van der Waals surface area contributed by atoms with Crippen LogP contribution in [-0.2, 0) is 16.1 Å². The lowest BCUT2D eigenvalue weighted by atomic mass is 10.1. The lowest BCUT2D eigenvalue weighted by Crippen LogP contribution is -2.40. The van der Waals surface area contributed by atoms with E-state index in [1.165, 1.54) is 0 Å². The second-order valence-electron chi connectivity index (χ2n) is 2.96. The summed E-state index contributed by atoms with van der Waals surface area (Å²) in [5.41, 5.74) is 0.765. The minimum absolute atomic E-state index is 0.101. The van der Waals surface area contributed by atoms with E-state index in [0.29, 0.717) is 0 Å². The molecule has 0 amide bonds. The summed E-state index contributed by atoms with van der Waals surface area (Å²) in [4.78, 5) is 15.0. The number of carbonyl (C=O) groups excluding carboxylic acids is 1. The molecule has 0 saturated heterocycles. The maximum atomic E-state index is 11.0. The van der Waals surface area contributed by atoms with Gasteiger partial charge in [0.1, 0.15) is 0 Å². The van der Waals surface area contributed by atoms with Crippen LogP contribution >= 0.6 is 0 Å². The van der Waals surface area contributed by atoms with Gasteiger partial charge in [-0.3, -0.25) is 10.4 Å². The van der Waals surface area contributed by atoms with E-state index in [4.69, 9.17) is 10.4 Å². The predicted octanol–water partition coefficient (Wildman–Crippen LogP) is 0.0950. The molecular weight excluding hydrogens is 200 g/mol. The molecule has 15 heavy (non-hydrogen) atoms. The van der Waals surface area contributed by atoms with Crippen LogP contribution in [0.3, 0.4) is 0 Å². The highest BCUT2D eigenvalue weighted by Gasteiger charge is 2.25. The molecule has 1 rings (SSSR count). The highest BCUT2D eigenvalue weighted by Crippen LogP contribution is 2.07. The third kappa shape index (κ3) is 3.30. The van der Waals surface area contributed by atoms with Gasteiger partial charge in [0.2, 0.25) is 0 Å². The number of hydroxylamine groups is 2. The van der Waals surface area contributed by atoms with Gasteiger partial charge in [-0.05, 0) is 5.56 Å². The smallest absolute Gasteiger partial charge is 0.347 e. The zero-order valence-electron chi connectivity index (χ0n) is 7.91. The average Bonchev–Trinajstić information content (AvgIpc) is 2.26. The molecule has 0 fully saturated rings. The molecule has 6 nitrogen and oxygen atoms in total. The Hall–Kier alpha value is -1.47. The average molecular weight is 212 g/mol. The zero-order valence-corrected chi connectivity index (χ0v) is 7.91. The van der Waals surface area contributed by atoms with E-state index in [2.05, 4.69) is 10.7 Å². The Morgan fingerprint density at radius 3 is 2.47 bits per heavy atom. The van der Waals surface area contributed by atoms with E-state index in [-0.39, 0.29) is 11.6 Å². The number of hydrogen-bond donors (Lipinski definition) is 3. The minimum Gasteiger partial charge on any atom is -0.372 e. The highest BCUT2D eigenvalue weighted by molar-refractivity contribution is 5.75. The normalized spacial score (nSPS) is 12.5. The molecule has 0 heterocycles. The van der Waals surface area contributed by atoms with Crippen LogP contribution in [0.2, 0.25) is 0 Å². The van der Waals surface area contributed by atoms with Crippen LogP contribution in [0.5, 0.6) is 0 Å². The third-order valence-electron chi connectivity index (χ3n) is 1.94. The Morgan fingerprint density at radius 1 is 1.40 bits per heavy atom. The van der Waals surface area contributed by atoms with Crippen molar-refractivity contribution < 1.29 is 20.0 Å². The molecule has 0 aromatic heterocycles. The molecule has 0 aliphatic carbocycles. The predicted molar refractivity (Wildman–Crippen MR) is 49.6 cm³/mol. The van der Waals surface area contributed by atoms with Crippen molar-refractivity contribution in [2.75, 3.05) is 0 Å². The molecule has 0 radical (unpaired) electrons. The number of benzene rings is 1. The lowest BCUT2D eigenvalue weighted by Gasteiger charge is -2.17. The van der Waals surface area contributed by atoms with Crippen LogP contribution in [0.4, 0.5) is 0 Å². The van der Waals surface area contributed by atoms with Gasteiger partial charge in [0.25, 0.3) is 0 Å². The summed E-state index contributed by atoms with van der Waals surface area (Å²) in [6.07, 6.45) is 0.101. The van der Waals surface area contributed by atoms with Gasteiger partial charge in [0.05, 0.1) is 0 Å². The fourth-order valence-electron chi connectivity index (χ4n) is 1.18. The molecule has 0 bridgehead atoms. The standard InChI is InChI=1S/C9H12N2O4/c10-15-9(12)8(11(13)14)6-7-4-2-1-3-5-7/h1-5,8,13-14H,6,10H2/t8-/m0/s1. The molecule has 6 heteroatoms. The van der Waals surface area contributed by atoms with E-state index in [1.807, 2.05) is 6.07 Å². The molecule has 1 aromatic carbocycles. The van der Waals surface area contributed by atoms with Gasteiger partial charge in [0.15, 0.2) is 6.04 Å². The highest BCUT2D eigenvalue weighted by atomic mass is 16.8. The topological polar surface area (TPSA) is 96.0 Å². The molecule has 0 aliphatic rings. The van der Waals surface area contributed by atoms with Crippen LogP contribution in [0, 0.1) is 0 Å². The summed E-state index contributed by atoms with van der Waals surface area (Å²) in [5.74, 6) is 3.75. The van der Waals surface area contributed by atoms with Gasteiger partial charge in [-0.25, -0.2) is 4.79 Å². The van der Waals surface area contributed by atoms with Crippen molar-refractivity contribution in [3.05, 3.63) is 35.9 Å². The summed E-state index contributed by atoms with van der Waals surface area (Å²) < 4.78 is 0. The molecule has 82 valence electrons. The number of rotatable bonds is 4.